The molecule has 0 radical (unpaired) electrons. The molecule has 1 saturated carbocycles. The molecule has 1 aliphatic carbocycles. The number of rotatable bonds is 2. The van der Waals surface area contributed by atoms with Crippen molar-refractivity contribution in [1.29, 1.82) is 0 Å². The third-order valence-corrected chi connectivity index (χ3v) is 8.13. The van der Waals surface area contributed by atoms with Crippen molar-refractivity contribution in [3.8, 4) is 0 Å². The van der Waals surface area contributed by atoms with Crippen molar-refractivity contribution in [3.05, 3.63) is 34.9 Å². The largest absolute Gasteiger partial charge is 0.416 e. The number of carbonyl (C=O) groups is 1. The Bertz CT molecular complexity index is 876. The molecule has 1 aromatic carbocycles. The molecule has 5 rings (SSSR count). The summed E-state index contributed by atoms with van der Waals surface area (Å²) in [5.41, 5.74) is 0.329. The maximum atomic E-state index is 14.2. The number of benzene rings is 1. The van der Waals surface area contributed by atoms with E-state index in [0.717, 1.165) is 24.5 Å². The third-order valence-electron chi connectivity index (χ3n) is 8.13. The highest BCUT2D eigenvalue weighted by Gasteiger charge is 2.60. The zero-order chi connectivity index (χ0) is 22.0. The van der Waals surface area contributed by atoms with Crippen LogP contribution >= 0.6 is 0 Å². The van der Waals surface area contributed by atoms with E-state index in [1.54, 1.807) is 6.07 Å². The van der Waals surface area contributed by atoms with E-state index in [1.165, 1.54) is 6.07 Å². The molecule has 6 atom stereocenters. The Morgan fingerprint density at radius 3 is 2.77 bits per heavy atom. The van der Waals surface area contributed by atoms with Crippen molar-refractivity contribution in [2.24, 2.45) is 11.3 Å². The number of hydrogen-bond acceptors (Lipinski definition) is 3. The van der Waals surface area contributed by atoms with Crippen LogP contribution in [-0.2, 0) is 28.7 Å². The molecule has 1 N–H and O–H groups in total. The van der Waals surface area contributed by atoms with E-state index < -0.39 is 23.3 Å². The van der Waals surface area contributed by atoms with Crippen molar-refractivity contribution >= 4 is 5.91 Å². The molecule has 31 heavy (non-hydrogen) atoms. The van der Waals surface area contributed by atoms with Gasteiger partial charge >= 0.3 is 6.18 Å². The van der Waals surface area contributed by atoms with Crippen LogP contribution in [0.25, 0.3) is 0 Å². The van der Waals surface area contributed by atoms with Crippen LogP contribution in [0.5, 0.6) is 0 Å². The minimum absolute atomic E-state index is 0.00694. The van der Waals surface area contributed by atoms with Gasteiger partial charge in [0.1, 0.15) is 6.17 Å². The van der Waals surface area contributed by atoms with Gasteiger partial charge in [0.15, 0.2) is 0 Å². The smallest absolute Gasteiger partial charge is 0.378 e. The fourth-order valence-electron chi connectivity index (χ4n) is 6.32. The molecule has 0 aromatic heterocycles. The normalized spacial score (nSPS) is 37.9. The van der Waals surface area contributed by atoms with Crippen LogP contribution < -0.4 is 5.32 Å². The molecular formula is C23H28F4N2O2. The Balaban J connectivity index is 1.34. The first-order valence-electron chi connectivity index (χ1n) is 11.2. The lowest BCUT2D eigenvalue weighted by Gasteiger charge is -2.33. The first-order valence-corrected chi connectivity index (χ1v) is 11.2. The molecule has 1 aromatic rings. The van der Waals surface area contributed by atoms with Crippen LogP contribution in [0.15, 0.2) is 18.2 Å². The Kier molecular flexibility index (Phi) is 5.09. The number of amides is 1. The van der Waals surface area contributed by atoms with E-state index in [9.17, 15) is 22.4 Å². The van der Waals surface area contributed by atoms with Gasteiger partial charge in [0.05, 0.1) is 17.6 Å². The second-order valence-corrected chi connectivity index (χ2v) is 9.72. The zero-order valence-electron chi connectivity index (χ0n) is 17.6. The van der Waals surface area contributed by atoms with Gasteiger partial charge in [-0.3, -0.25) is 4.79 Å². The zero-order valence-corrected chi connectivity index (χ0v) is 17.6. The predicted octanol–water partition coefficient (Wildman–Crippen LogP) is 3.86. The Morgan fingerprint density at radius 1 is 1.23 bits per heavy atom. The summed E-state index contributed by atoms with van der Waals surface area (Å²) in [5.74, 6) is 0.166. The van der Waals surface area contributed by atoms with Gasteiger partial charge in [-0.25, -0.2) is 4.39 Å². The lowest BCUT2D eigenvalue weighted by Crippen LogP contribution is -2.48. The molecule has 8 heteroatoms. The van der Waals surface area contributed by atoms with Crippen LogP contribution in [-0.4, -0.2) is 48.3 Å². The van der Waals surface area contributed by atoms with E-state index in [1.807, 2.05) is 4.90 Å². The van der Waals surface area contributed by atoms with Gasteiger partial charge in [0, 0.05) is 31.3 Å². The molecule has 1 spiro atoms. The summed E-state index contributed by atoms with van der Waals surface area (Å²) in [6, 6.07) is 3.75. The SMILES string of the molecule is CC1C2Cc3ccc(C(F)(F)F)cc3CN2C(=O)[C@]12CC[C@@H](NC1CCOCC1F)C2. The number of nitrogens with one attached hydrogen (secondary N) is 1. The first-order chi connectivity index (χ1) is 14.7. The van der Waals surface area contributed by atoms with Gasteiger partial charge in [-0.2, -0.15) is 13.2 Å². The summed E-state index contributed by atoms with van der Waals surface area (Å²) in [6.45, 7) is 2.99. The highest BCUT2D eigenvalue weighted by Crippen LogP contribution is 2.54. The summed E-state index contributed by atoms with van der Waals surface area (Å²) < 4.78 is 58.8. The lowest BCUT2D eigenvalue weighted by molar-refractivity contribution is -0.137. The third kappa shape index (κ3) is 3.46. The van der Waals surface area contributed by atoms with Crippen molar-refractivity contribution in [3.63, 3.8) is 0 Å². The Morgan fingerprint density at radius 2 is 2.03 bits per heavy atom. The number of nitrogens with zero attached hydrogens (tertiary/aromatic N) is 1. The Hall–Kier alpha value is -1.67. The molecule has 3 fully saturated rings. The van der Waals surface area contributed by atoms with Crippen molar-refractivity contribution in [1.82, 2.24) is 10.2 Å². The van der Waals surface area contributed by atoms with Crippen molar-refractivity contribution < 1.29 is 27.1 Å². The van der Waals surface area contributed by atoms with E-state index in [2.05, 4.69) is 12.2 Å². The molecule has 170 valence electrons. The summed E-state index contributed by atoms with van der Waals surface area (Å²) in [6.07, 6.45) is -2.00. The minimum Gasteiger partial charge on any atom is -0.378 e. The van der Waals surface area contributed by atoms with Crippen molar-refractivity contribution in [2.45, 2.75) is 76.0 Å². The van der Waals surface area contributed by atoms with Gasteiger partial charge in [0.2, 0.25) is 5.91 Å². The molecule has 3 aliphatic heterocycles. The van der Waals surface area contributed by atoms with E-state index >= 15 is 0 Å². The van der Waals surface area contributed by atoms with Crippen LogP contribution in [0, 0.1) is 11.3 Å². The summed E-state index contributed by atoms with van der Waals surface area (Å²) in [7, 11) is 0. The van der Waals surface area contributed by atoms with Gasteiger partial charge < -0.3 is 15.0 Å². The van der Waals surface area contributed by atoms with Crippen molar-refractivity contribution in [2.75, 3.05) is 13.2 Å². The number of carbonyl (C=O) groups excluding carboxylic acids is 1. The van der Waals surface area contributed by atoms with Crippen LogP contribution in [0.3, 0.4) is 0 Å². The highest BCUT2D eigenvalue weighted by atomic mass is 19.4. The maximum absolute atomic E-state index is 14.2. The fraction of sp³-hybridized carbons (Fsp3) is 0.696. The lowest BCUT2D eigenvalue weighted by atomic mass is 9.73. The second kappa shape index (κ2) is 7.44. The van der Waals surface area contributed by atoms with Crippen LogP contribution in [0.1, 0.15) is 49.3 Å². The molecule has 4 nitrogen and oxygen atoms in total. The van der Waals surface area contributed by atoms with Gasteiger partial charge in [-0.1, -0.05) is 13.0 Å². The quantitative estimate of drug-likeness (QED) is 0.710. The monoisotopic (exact) mass is 440 g/mol. The molecular weight excluding hydrogens is 412 g/mol. The van der Waals surface area contributed by atoms with Gasteiger partial charge in [-0.05, 0) is 61.3 Å². The average Bonchev–Trinajstić information content (AvgIpc) is 3.24. The number of halogens is 4. The standard InChI is InChI=1S/C23H28F4N2O2/c1-13-20-9-14-2-3-16(23(25,26)27)8-15(14)11-29(20)21(30)22(13)6-4-17(10-22)28-19-5-7-31-12-18(19)24/h2-3,8,13,17-20,28H,4-7,9-12H2,1H3/t13?,17-,18?,19?,20?,22+/m1/s1. The van der Waals surface area contributed by atoms with Crippen LogP contribution in [0.2, 0.25) is 0 Å². The van der Waals surface area contributed by atoms with E-state index in [0.29, 0.717) is 31.4 Å². The molecule has 0 bridgehead atoms. The fourth-order valence-corrected chi connectivity index (χ4v) is 6.32. The maximum Gasteiger partial charge on any atom is 0.416 e. The summed E-state index contributed by atoms with van der Waals surface area (Å²) in [4.78, 5) is 15.4. The van der Waals surface area contributed by atoms with Gasteiger partial charge in [0.25, 0.3) is 0 Å². The molecule has 3 heterocycles. The number of fused-ring (bicyclic) bond motifs is 2. The molecule has 4 unspecified atom stereocenters. The van der Waals surface area contributed by atoms with E-state index in [-0.39, 0.29) is 43.1 Å². The first kappa shape index (κ1) is 21.2. The highest BCUT2D eigenvalue weighted by molar-refractivity contribution is 5.87. The van der Waals surface area contributed by atoms with Gasteiger partial charge in [-0.15, -0.1) is 0 Å². The summed E-state index contributed by atoms with van der Waals surface area (Å²) >= 11 is 0. The Labute approximate surface area is 179 Å². The number of hydrogen-bond donors (Lipinski definition) is 1. The molecule has 1 amide bonds. The van der Waals surface area contributed by atoms with E-state index in [4.69, 9.17) is 4.74 Å². The topological polar surface area (TPSA) is 41.6 Å². The second-order valence-electron chi connectivity index (χ2n) is 9.72. The molecule has 4 aliphatic rings. The molecule has 2 saturated heterocycles. The number of alkyl halides is 4. The minimum atomic E-state index is -4.39. The summed E-state index contributed by atoms with van der Waals surface area (Å²) in [5, 5.41) is 3.43. The predicted molar refractivity (Wildman–Crippen MR) is 106 cm³/mol. The van der Waals surface area contributed by atoms with Crippen LogP contribution in [0.4, 0.5) is 17.6 Å². The average molecular weight is 440 g/mol. The number of ether oxygens (including phenoxy) is 1.